The molecule has 0 radical (unpaired) electrons. The smallest absolute Gasteiger partial charge is 0.128 e. The van der Waals surface area contributed by atoms with Gasteiger partial charge in [-0.1, -0.05) is 29.8 Å². The largest absolute Gasteiger partial charge is 0.330 e. The van der Waals surface area contributed by atoms with Gasteiger partial charge >= 0.3 is 0 Å². The second kappa shape index (κ2) is 6.13. The number of nitrogens with zero attached hydrogens (tertiary/aromatic N) is 1. The van der Waals surface area contributed by atoms with Crippen LogP contribution in [0.15, 0.2) is 22.7 Å². The highest BCUT2D eigenvalue weighted by Gasteiger charge is 2.26. The summed E-state index contributed by atoms with van der Waals surface area (Å²) in [5, 5.41) is 0. The first-order valence-electron chi connectivity index (χ1n) is 6.08. The molecule has 1 aromatic rings. The summed E-state index contributed by atoms with van der Waals surface area (Å²) >= 11 is 3.40. The van der Waals surface area contributed by atoms with Crippen LogP contribution in [0.25, 0.3) is 0 Å². The Labute approximate surface area is 117 Å². The molecular weight excluding hydrogens is 295 g/mol. The zero-order valence-electron chi connectivity index (χ0n) is 11.5. The fourth-order valence-corrected chi connectivity index (χ4v) is 2.33. The van der Waals surface area contributed by atoms with Gasteiger partial charge < -0.3 is 10.6 Å². The lowest BCUT2D eigenvalue weighted by molar-refractivity contribution is 0.198. The highest BCUT2D eigenvalue weighted by atomic mass is 79.9. The topological polar surface area (TPSA) is 29.3 Å². The van der Waals surface area contributed by atoms with Crippen molar-refractivity contribution in [3.05, 3.63) is 34.1 Å². The van der Waals surface area contributed by atoms with Gasteiger partial charge in [0.1, 0.15) is 5.82 Å². The highest BCUT2D eigenvalue weighted by molar-refractivity contribution is 9.10. The Balaban J connectivity index is 3.09. The highest BCUT2D eigenvalue weighted by Crippen LogP contribution is 2.34. The summed E-state index contributed by atoms with van der Waals surface area (Å²) in [4.78, 5) is 2.04. The van der Waals surface area contributed by atoms with Gasteiger partial charge in [-0.3, -0.25) is 0 Å². The fourth-order valence-electron chi connectivity index (χ4n) is 1.95. The van der Waals surface area contributed by atoms with Gasteiger partial charge in [-0.2, -0.15) is 0 Å². The van der Waals surface area contributed by atoms with E-state index < -0.39 is 0 Å². The third-order valence-electron chi connectivity index (χ3n) is 3.24. The maximum atomic E-state index is 14.0. The number of rotatable bonds is 5. The van der Waals surface area contributed by atoms with Crippen LogP contribution in [0.2, 0.25) is 0 Å². The van der Waals surface area contributed by atoms with E-state index in [1.54, 1.807) is 6.07 Å². The normalized spacial score (nSPS) is 14.0. The molecule has 18 heavy (non-hydrogen) atoms. The van der Waals surface area contributed by atoms with Crippen molar-refractivity contribution in [2.75, 3.05) is 20.6 Å². The molecule has 0 aliphatic carbocycles. The van der Waals surface area contributed by atoms with E-state index in [1.165, 1.54) is 6.07 Å². The molecule has 1 rings (SSSR count). The van der Waals surface area contributed by atoms with E-state index in [0.717, 1.165) is 16.5 Å². The third kappa shape index (κ3) is 4.04. The monoisotopic (exact) mass is 316 g/mol. The van der Waals surface area contributed by atoms with Crippen LogP contribution in [-0.2, 0) is 0 Å². The molecule has 0 aliphatic heterocycles. The summed E-state index contributed by atoms with van der Waals surface area (Å²) in [5.74, 6) is -0.162. The maximum Gasteiger partial charge on any atom is 0.128 e. The molecule has 0 bridgehead atoms. The Bertz CT molecular complexity index is 405. The molecule has 1 aromatic carbocycles. The Morgan fingerprint density at radius 1 is 1.39 bits per heavy atom. The Hall–Kier alpha value is -0.450. The van der Waals surface area contributed by atoms with E-state index in [9.17, 15) is 4.39 Å². The van der Waals surface area contributed by atoms with Gasteiger partial charge in [-0.25, -0.2) is 4.39 Å². The second-order valence-corrected chi connectivity index (χ2v) is 6.63. The van der Waals surface area contributed by atoms with Crippen molar-refractivity contribution in [3.8, 4) is 0 Å². The first-order valence-corrected chi connectivity index (χ1v) is 6.87. The molecule has 4 heteroatoms. The van der Waals surface area contributed by atoms with Crippen LogP contribution < -0.4 is 5.73 Å². The second-order valence-electron chi connectivity index (χ2n) is 5.72. The van der Waals surface area contributed by atoms with Gasteiger partial charge in [0.2, 0.25) is 0 Å². The van der Waals surface area contributed by atoms with Crippen LogP contribution in [-0.4, -0.2) is 25.5 Å². The number of hydrogen-bond acceptors (Lipinski definition) is 2. The van der Waals surface area contributed by atoms with Crippen LogP contribution in [0.1, 0.15) is 31.9 Å². The van der Waals surface area contributed by atoms with Crippen molar-refractivity contribution in [1.29, 1.82) is 0 Å². The molecule has 0 saturated heterocycles. The zero-order chi connectivity index (χ0) is 13.9. The van der Waals surface area contributed by atoms with E-state index in [4.69, 9.17) is 5.73 Å². The minimum atomic E-state index is -0.162. The van der Waals surface area contributed by atoms with Gasteiger partial charge in [-0.15, -0.1) is 0 Å². The van der Waals surface area contributed by atoms with Crippen molar-refractivity contribution >= 4 is 15.9 Å². The maximum absolute atomic E-state index is 14.0. The first-order chi connectivity index (χ1) is 8.26. The zero-order valence-corrected chi connectivity index (χ0v) is 13.1. The number of halogens is 2. The number of benzene rings is 1. The molecule has 0 heterocycles. The summed E-state index contributed by atoms with van der Waals surface area (Å²) < 4.78 is 14.9. The molecule has 1 atom stereocenters. The van der Waals surface area contributed by atoms with E-state index >= 15 is 0 Å². The van der Waals surface area contributed by atoms with Crippen LogP contribution in [0.3, 0.4) is 0 Å². The first kappa shape index (κ1) is 15.6. The van der Waals surface area contributed by atoms with Crippen molar-refractivity contribution in [2.45, 2.75) is 26.3 Å². The molecule has 2 N–H and O–H groups in total. The van der Waals surface area contributed by atoms with Crippen LogP contribution in [0.5, 0.6) is 0 Å². The predicted octanol–water partition coefficient (Wildman–Crippen LogP) is 3.57. The molecular formula is C14H22BrFN2. The van der Waals surface area contributed by atoms with Gasteiger partial charge in [0.25, 0.3) is 0 Å². The quantitative estimate of drug-likeness (QED) is 0.899. The van der Waals surface area contributed by atoms with E-state index in [1.807, 2.05) is 25.1 Å². The van der Waals surface area contributed by atoms with Crippen molar-refractivity contribution in [2.24, 2.45) is 11.1 Å². The standard InChI is InChI=1S/C14H22BrFN2/c1-14(2,9-17)8-13(18(3)4)11-7-10(15)5-6-12(11)16/h5-7,13H,8-9,17H2,1-4H3. The third-order valence-corrected chi connectivity index (χ3v) is 3.73. The number of nitrogens with two attached hydrogens (primary N) is 1. The predicted molar refractivity (Wildman–Crippen MR) is 78.0 cm³/mol. The van der Waals surface area contributed by atoms with Crippen molar-refractivity contribution < 1.29 is 4.39 Å². The van der Waals surface area contributed by atoms with Crippen LogP contribution in [0.4, 0.5) is 4.39 Å². The minimum Gasteiger partial charge on any atom is -0.330 e. The van der Waals surface area contributed by atoms with Crippen molar-refractivity contribution in [1.82, 2.24) is 4.90 Å². The SMILES string of the molecule is CN(C)C(CC(C)(C)CN)c1cc(Br)ccc1F. The molecule has 0 aromatic heterocycles. The molecule has 1 unspecified atom stereocenters. The van der Waals surface area contributed by atoms with E-state index in [0.29, 0.717) is 6.54 Å². The molecule has 2 nitrogen and oxygen atoms in total. The van der Waals surface area contributed by atoms with Crippen LogP contribution in [0, 0.1) is 11.2 Å². The molecule has 0 saturated carbocycles. The molecule has 0 fully saturated rings. The lowest BCUT2D eigenvalue weighted by Crippen LogP contribution is -2.31. The fraction of sp³-hybridized carbons (Fsp3) is 0.571. The Morgan fingerprint density at radius 3 is 2.50 bits per heavy atom. The lowest BCUT2D eigenvalue weighted by atomic mass is 9.83. The van der Waals surface area contributed by atoms with E-state index in [-0.39, 0.29) is 17.3 Å². The summed E-state index contributed by atoms with van der Waals surface area (Å²) in [5.41, 5.74) is 6.49. The average Bonchev–Trinajstić information content (AvgIpc) is 2.29. The van der Waals surface area contributed by atoms with Gasteiger partial charge in [0.05, 0.1) is 0 Å². The summed E-state index contributed by atoms with van der Waals surface area (Å²) in [6.45, 7) is 4.81. The molecule has 0 spiro atoms. The Kier molecular flexibility index (Phi) is 5.32. The van der Waals surface area contributed by atoms with Gasteiger partial charge in [0.15, 0.2) is 0 Å². The van der Waals surface area contributed by atoms with Gasteiger partial charge in [0, 0.05) is 16.1 Å². The summed E-state index contributed by atoms with van der Waals surface area (Å²) in [7, 11) is 3.94. The van der Waals surface area contributed by atoms with E-state index in [2.05, 4.69) is 29.8 Å². The average molecular weight is 317 g/mol. The molecule has 0 aliphatic rings. The lowest BCUT2D eigenvalue weighted by Gasteiger charge is -2.33. The van der Waals surface area contributed by atoms with Crippen molar-refractivity contribution in [3.63, 3.8) is 0 Å². The summed E-state index contributed by atoms with van der Waals surface area (Å²) in [6, 6.07) is 5.11. The Morgan fingerprint density at radius 2 is 2.00 bits per heavy atom. The minimum absolute atomic E-state index is 0.0102. The van der Waals surface area contributed by atoms with Gasteiger partial charge in [-0.05, 0) is 50.7 Å². The van der Waals surface area contributed by atoms with Crippen LogP contribution >= 0.6 is 15.9 Å². The molecule has 0 amide bonds. The molecule has 102 valence electrons. The summed E-state index contributed by atoms with van der Waals surface area (Å²) in [6.07, 6.45) is 0.823. The number of hydrogen-bond donors (Lipinski definition) is 1.